The summed E-state index contributed by atoms with van der Waals surface area (Å²) in [6.07, 6.45) is 1.48. The third-order valence-corrected chi connectivity index (χ3v) is 6.05. The van der Waals surface area contributed by atoms with Crippen molar-refractivity contribution in [1.29, 1.82) is 0 Å². The van der Waals surface area contributed by atoms with Crippen molar-refractivity contribution in [2.24, 2.45) is 7.05 Å². The highest BCUT2D eigenvalue weighted by atomic mass is 32.2. The number of aromatic nitrogens is 3. The Kier molecular flexibility index (Phi) is 7.31. The zero-order valence-electron chi connectivity index (χ0n) is 17.8. The van der Waals surface area contributed by atoms with Crippen LogP contribution in [0.5, 0.6) is 0 Å². The first-order valence-corrected chi connectivity index (χ1v) is 12.6. The molecule has 3 aromatic rings. The summed E-state index contributed by atoms with van der Waals surface area (Å²) in [4.78, 5) is 24.0. The molecule has 0 saturated heterocycles. The molecule has 0 atom stereocenters. The molecular weight excluding hydrogens is 450 g/mol. The van der Waals surface area contributed by atoms with Crippen LogP contribution in [0.1, 0.15) is 23.7 Å². The van der Waals surface area contributed by atoms with Crippen LogP contribution in [0, 0.1) is 0 Å². The van der Waals surface area contributed by atoms with Crippen molar-refractivity contribution in [3.8, 4) is 11.4 Å². The maximum Gasteiger partial charge on any atom is 0.229 e. The lowest BCUT2D eigenvalue weighted by Gasteiger charge is -2.07. The van der Waals surface area contributed by atoms with Gasteiger partial charge in [-0.15, -0.1) is 10.2 Å². The highest BCUT2D eigenvalue weighted by Gasteiger charge is 2.14. The maximum absolute atomic E-state index is 12.5. The van der Waals surface area contributed by atoms with Gasteiger partial charge in [0.05, 0.1) is 12.0 Å². The third-order valence-electron chi connectivity index (χ3n) is 4.43. The van der Waals surface area contributed by atoms with E-state index in [9.17, 15) is 18.0 Å². The van der Waals surface area contributed by atoms with Gasteiger partial charge in [0.1, 0.15) is 0 Å². The Bertz CT molecular complexity index is 1220. The molecule has 32 heavy (non-hydrogen) atoms. The summed E-state index contributed by atoms with van der Waals surface area (Å²) in [5, 5.41) is 11.7. The number of sulfonamides is 1. The maximum atomic E-state index is 12.5. The highest BCUT2D eigenvalue weighted by Crippen LogP contribution is 2.25. The minimum Gasteiger partial charge on any atom is -0.326 e. The molecule has 1 heterocycles. The van der Waals surface area contributed by atoms with E-state index in [4.69, 9.17) is 0 Å². The molecule has 0 aliphatic rings. The van der Waals surface area contributed by atoms with Gasteiger partial charge in [-0.25, -0.2) is 8.42 Å². The predicted molar refractivity (Wildman–Crippen MR) is 125 cm³/mol. The Hall–Kier alpha value is -3.18. The lowest BCUT2D eigenvalue weighted by Crippen LogP contribution is -2.10. The molecule has 0 aliphatic carbocycles. The van der Waals surface area contributed by atoms with Crippen molar-refractivity contribution < 1.29 is 18.0 Å². The molecule has 0 aliphatic heterocycles. The fourth-order valence-corrected chi connectivity index (χ4v) is 4.17. The number of anilines is 2. The second-order valence-electron chi connectivity index (χ2n) is 7.01. The number of rotatable bonds is 9. The quantitative estimate of drug-likeness (QED) is 0.361. The van der Waals surface area contributed by atoms with Gasteiger partial charge in [0.2, 0.25) is 15.9 Å². The van der Waals surface area contributed by atoms with E-state index in [1.165, 1.54) is 11.8 Å². The summed E-state index contributed by atoms with van der Waals surface area (Å²) in [6, 6.07) is 13.6. The standard InChI is InChI=1S/C21H23N5O4S2/c1-4-19(28)22-16-9-5-14(6-10-16)18(27)13-31-21-24-23-20(26(21)2)15-7-11-17(12-8-15)25-32(3,29)30/h5-12,25H,4,13H2,1-3H3,(H,22,28). The van der Waals surface area contributed by atoms with Gasteiger partial charge >= 0.3 is 0 Å². The number of Topliss-reactive ketones (excluding diaryl/α,β-unsaturated/α-hetero) is 1. The number of carbonyl (C=O) groups is 2. The van der Waals surface area contributed by atoms with E-state index in [-0.39, 0.29) is 17.4 Å². The molecular formula is C21H23N5O4S2. The van der Waals surface area contributed by atoms with Crippen molar-refractivity contribution in [3.05, 3.63) is 54.1 Å². The summed E-state index contributed by atoms with van der Waals surface area (Å²) in [5.74, 6) is 0.633. The summed E-state index contributed by atoms with van der Waals surface area (Å²) >= 11 is 1.27. The number of thioether (sulfide) groups is 1. The van der Waals surface area contributed by atoms with E-state index < -0.39 is 10.0 Å². The molecule has 0 bridgehead atoms. The number of ketones is 1. The molecule has 168 valence electrons. The van der Waals surface area contributed by atoms with Crippen molar-refractivity contribution in [2.75, 3.05) is 22.0 Å². The monoisotopic (exact) mass is 473 g/mol. The molecule has 3 rings (SSSR count). The molecule has 0 spiro atoms. The predicted octanol–water partition coefficient (Wildman–Crippen LogP) is 3.18. The molecule has 2 N–H and O–H groups in total. The number of hydrogen-bond donors (Lipinski definition) is 2. The largest absolute Gasteiger partial charge is 0.326 e. The first-order valence-electron chi connectivity index (χ1n) is 9.70. The summed E-state index contributed by atoms with van der Waals surface area (Å²) < 4.78 is 26.8. The third kappa shape index (κ3) is 6.17. The van der Waals surface area contributed by atoms with E-state index in [1.54, 1.807) is 67.1 Å². The minimum absolute atomic E-state index is 0.0656. The van der Waals surface area contributed by atoms with Crippen molar-refractivity contribution in [2.45, 2.75) is 18.5 Å². The van der Waals surface area contributed by atoms with Gasteiger partial charge < -0.3 is 9.88 Å². The molecule has 2 aromatic carbocycles. The Morgan fingerprint density at radius 2 is 1.62 bits per heavy atom. The average Bonchev–Trinajstić information content (AvgIpc) is 3.12. The van der Waals surface area contributed by atoms with E-state index in [0.717, 1.165) is 11.8 Å². The highest BCUT2D eigenvalue weighted by molar-refractivity contribution is 7.99. The van der Waals surface area contributed by atoms with E-state index in [2.05, 4.69) is 20.2 Å². The fourth-order valence-electron chi connectivity index (χ4n) is 2.80. The van der Waals surface area contributed by atoms with Gasteiger partial charge in [0.25, 0.3) is 0 Å². The number of carbonyl (C=O) groups excluding carboxylic acids is 2. The van der Waals surface area contributed by atoms with Crippen molar-refractivity contribution >= 4 is 44.9 Å². The van der Waals surface area contributed by atoms with Crippen LogP contribution >= 0.6 is 11.8 Å². The lowest BCUT2D eigenvalue weighted by atomic mass is 10.1. The van der Waals surface area contributed by atoms with Gasteiger partial charge in [0, 0.05) is 36.0 Å². The second-order valence-corrected chi connectivity index (χ2v) is 9.70. The number of nitrogens with zero attached hydrogens (tertiary/aromatic N) is 3. The first-order chi connectivity index (χ1) is 15.2. The second kappa shape index (κ2) is 9.96. The number of nitrogens with one attached hydrogen (secondary N) is 2. The molecule has 0 saturated carbocycles. The van der Waals surface area contributed by atoms with E-state index in [0.29, 0.717) is 34.3 Å². The number of hydrogen-bond acceptors (Lipinski definition) is 7. The Labute approximate surface area is 190 Å². The smallest absolute Gasteiger partial charge is 0.229 e. The van der Waals surface area contributed by atoms with Crippen LogP contribution in [-0.2, 0) is 21.9 Å². The molecule has 0 radical (unpaired) electrons. The Morgan fingerprint density at radius 1 is 1.00 bits per heavy atom. The Morgan fingerprint density at radius 3 is 2.22 bits per heavy atom. The zero-order chi connectivity index (χ0) is 23.3. The fraction of sp³-hybridized carbons (Fsp3) is 0.238. The summed E-state index contributed by atoms with van der Waals surface area (Å²) in [7, 11) is -1.54. The summed E-state index contributed by atoms with van der Waals surface area (Å²) in [5.41, 5.74) is 2.42. The topological polar surface area (TPSA) is 123 Å². The van der Waals surface area contributed by atoms with E-state index >= 15 is 0 Å². The normalized spacial score (nSPS) is 11.2. The van der Waals surface area contributed by atoms with Crippen LogP contribution in [-0.4, -0.2) is 46.9 Å². The van der Waals surface area contributed by atoms with Gasteiger partial charge in [-0.2, -0.15) is 0 Å². The molecule has 11 heteroatoms. The molecule has 1 aromatic heterocycles. The molecule has 1 amide bonds. The SMILES string of the molecule is CCC(=O)Nc1ccc(C(=O)CSc2nnc(-c3ccc(NS(C)(=O)=O)cc3)n2C)cc1. The minimum atomic E-state index is -3.34. The number of amides is 1. The van der Waals surface area contributed by atoms with Gasteiger partial charge in [-0.1, -0.05) is 18.7 Å². The van der Waals surface area contributed by atoms with Crippen LogP contribution in [0.4, 0.5) is 11.4 Å². The first kappa shape index (κ1) is 23.5. The van der Waals surface area contributed by atoms with Crippen LogP contribution in [0.3, 0.4) is 0 Å². The molecule has 0 unspecified atom stereocenters. The van der Waals surface area contributed by atoms with Gasteiger partial charge in [0.15, 0.2) is 16.8 Å². The molecule has 9 nitrogen and oxygen atoms in total. The number of benzene rings is 2. The van der Waals surface area contributed by atoms with Gasteiger partial charge in [-0.3, -0.25) is 14.3 Å². The van der Waals surface area contributed by atoms with Crippen LogP contribution < -0.4 is 10.0 Å². The average molecular weight is 474 g/mol. The van der Waals surface area contributed by atoms with Crippen LogP contribution in [0.15, 0.2) is 53.7 Å². The van der Waals surface area contributed by atoms with Gasteiger partial charge in [-0.05, 0) is 48.5 Å². The van der Waals surface area contributed by atoms with Crippen molar-refractivity contribution in [3.63, 3.8) is 0 Å². The van der Waals surface area contributed by atoms with Crippen molar-refractivity contribution in [1.82, 2.24) is 14.8 Å². The van der Waals surface area contributed by atoms with E-state index in [1.807, 2.05) is 0 Å². The molecule has 0 fully saturated rings. The van der Waals surface area contributed by atoms with Crippen LogP contribution in [0.25, 0.3) is 11.4 Å². The lowest BCUT2D eigenvalue weighted by molar-refractivity contribution is -0.115. The zero-order valence-corrected chi connectivity index (χ0v) is 19.5. The van der Waals surface area contributed by atoms with Crippen LogP contribution in [0.2, 0.25) is 0 Å². The summed E-state index contributed by atoms with van der Waals surface area (Å²) in [6.45, 7) is 1.77. The Balaban J connectivity index is 1.63.